The number of benzene rings is 1. The summed E-state index contributed by atoms with van der Waals surface area (Å²) < 4.78 is 0.756. The molecule has 1 heterocycles. The van der Waals surface area contributed by atoms with Crippen LogP contribution in [0.2, 0.25) is 5.02 Å². The molecule has 2 aromatic rings. The van der Waals surface area contributed by atoms with Crippen LogP contribution in [0.3, 0.4) is 0 Å². The minimum atomic E-state index is -0.289. The number of halogens is 1. The topological polar surface area (TPSA) is 80.9 Å². The Balaban J connectivity index is 2.00. The fourth-order valence-corrected chi connectivity index (χ4v) is 3.11. The third-order valence-electron chi connectivity index (χ3n) is 2.26. The van der Waals surface area contributed by atoms with Gasteiger partial charge in [0.25, 0.3) is 0 Å². The number of rotatable bonds is 4. The Labute approximate surface area is 123 Å². The van der Waals surface area contributed by atoms with Gasteiger partial charge in [0.05, 0.1) is 16.6 Å². The van der Waals surface area contributed by atoms with Crippen molar-refractivity contribution >= 4 is 52.0 Å². The van der Waals surface area contributed by atoms with E-state index < -0.39 is 0 Å². The maximum absolute atomic E-state index is 12.0. The van der Waals surface area contributed by atoms with Crippen molar-refractivity contribution < 1.29 is 4.79 Å². The Bertz CT molecular complexity index is 576. The van der Waals surface area contributed by atoms with Crippen LogP contribution >= 0.6 is 34.7 Å². The van der Waals surface area contributed by atoms with E-state index in [9.17, 15) is 4.79 Å². The normalized spacial score (nSPS) is 12.1. The SMILES string of the molecule is CC(Sc1nncs1)C(=O)Nc1ccc(Cl)cc1N. The second kappa shape index (κ2) is 6.23. The number of nitrogens with two attached hydrogens (primary N) is 1. The lowest BCUT2D eigenvalue weighted by atomic mass is 10.2. The van der Waals surface area contributed by atoms with Gasteiger partial charge in [-0.15, -0.1) is 10.2 Å². The van der Waals surface area contributed by atoms with Crippen molar-refractivity contribution in [3.05, 3.63) is 28.7 Å². The first-order valence-corrected chi connectivity index (χ1v) is 7.48. The van der Waals surface area contributed by atoms with E-state index >= 15 is 0 Å². The van der Waals surface area contributed by atoms with E-state index in [1.165, 1.54) is 23.1 Å². The number of thioether (sulfide) groups is 1. The fraction of sp³-hybridized carbons (Fsp3) is 0.182. The zero-order valence-electron chi connectivity index (χ0n) is 9.96. The number of hydrogen-bond donors (Lipinski definition) is 2. The highest BCUT2D eigenvalue weighted by Gasteiger charge is 2.17. The van der Waals surface area contributed by atoms with Crippen LogP contribution in [0.5, 0.6) is 0 Å². The van der Waals surface area contributed by atoms with Gasteiger partial charge in [-0.1, -0.05) is 34.7 Å². The third kappa shape index (κ3) is 3.82. The molecule has 3 N–H and O–H groups in total. The van der Waals surface area contributed by atoms with Crippen molar-refractivity contribution in [2.75, 3.05) is 11.1 Å². The van der Waals surface area contributed by atoms with Crippen LogP contribution < -0.4 is 11.1 Å². The predicted molar refractivity (Wildman–Crippen MR) is 79.7 cm³/mol. The highest BCUT2D eigenvalue weighted by molar-refractivity contribution is 8.02. The van der Waals surface area contributed by atoms with Crippen molar-refractivity contribution in [1.82, 2.24) is 10.2 Å². The van der Waals surface area contributed by atoms with Gasteiger partial charge in [-0.25, -0.2) is 0 Å². The first kappa shape index (κ1) is 14.1. The summed E-state index contributed by atoms with van der Waals surface area (Å²) in [6, 6.07) is 4.95. The molecule has 0 saturated carbocycles. The molecule has 0 aliphatic carbocycles. The van der Waals surface area contributed by atoms with Gasteiger partial charge in [0.15, 0.2) is 4.34 Å². The summed E-state index contributed by atoms with van der Waals surface area (Å²) in [7, 11) is 0. The van der Waals surface area contributed by atoms with Crippen LogP contribution in [-0.2, 0) is 4.79 Å². The molecule has 0 aliphatic rings. The fourth-order valence-electron chi connectivity index (χ4n) is 1.30. The molecule has 1 aromatic heterocycles. The van der Waals surface area contributed by atoms with Gasteiger partial charge in [-0.3, -0.25) is 4.79 Å². The van der Waals surface area contributed by atoms with Crippen molar-refractivity contribution in [3.63, 3.8) is 0 Å². The van der Waals surface area contributed by atoms with E-state index in [0.29, 0.717) is 16.4 Å². The summed E-state index contributed by atoms with van der Waals surface area (Å²) >= 11 is 8.55. The molecule has 0 aliphatic heterocycles. The highest BCUT2D eigenvalue weighted by atomic mass is 35.5. The van der Waals surface area contributed by atoms with Gasteiger partial charge < -0.3 is 11.1 Å². The number of nitrogens with zero attached hydrogens (tertiary/aromatic N) is 2. The monoisotopic (exact) mass is 314 g/mol. The largest absolute Gasteiger partial charge is 0.397 e. The average Bonchev–Trinajstić information content (AvgIpc) is 2.85. The highest BCUT2D eigenvalue weighted by Crippen LogP contribution is 2.27. The van der Waals surface area contributed by atoms with E-state index in [0.717, 1.165) is 4.34 Å². The van der Waals surface area contributed by atoms with Crippen LogP contribution in [0.1, 0.15) is 6.92 Å². The Morgan fingerprint density at radius 3 is 3.00 bits per heavy atom. The Kier molecular flexibility index (Phi) is 4.62. The second-order valence-electron chi connectivity index (χ2n) is 3.69. The van der Waals surface area contributed by atoms with Gasteiger partial charge in [0.1, 0.15) is 5.51 Å². The summed E-state index contributed by atoms with van der Waals surface area (Å²) in [6.45, 7) is 1.80. The Morgan fingerprint density at radius 1 is 1.58 bits per heavy atom. The second-order valence-corrected chi connectivity index (χ2v) is 6.54. The van der Waals surface area contributed by atoms with Crippen LogP contribution in [0.15, 0.2) is 28.0 Å². The lowest BCUT2D eigenvalue weighted by Crippen LogP contribution is -2.22. The Morgan fingerprint density at radius 2 is 2.37 bits per heavy atom. The third-order valence-corrected chi connectivity index (χ3v) is 4.40. The number of nitrogen functional groups attached to an aromatic ring is 1. The molecule has 0 spiro atoms. The van der Waals surface area contributed by atoms with E-state index in [2.05, 4.69) is 15.5 Å². The molecule has 0 fully saturated rings. The van der Waals surface area contributed by atoms with E-state index in [4.69, 9.17) is 17.3 Å². The smallest absolute Gasteiger partial charge is 0.237 e. The minimum absolute atomic E-state index is 0.144. The minimum Gasteiger partial charge on any atom is -0.397 e. The summed E-state index contributed by atoms with van der Waals surface area (Å²) in [5, 5.41) is 10.6. The predicted octanol–water partition coefficient (Wildman–Crippen LogP) is 2.89. The lowest BCUT2D eigenvalue weighted by molar-refractivity contribution is -0.115. The van der Waals surface area contributed by atoms with Crippen molar-refractivity contribution in [3.8, 4) is 0 Å². The number of hydrogen-bond acceptors (Lipinski definition) is 6. The van der Waals surface area contributed by atoms with Crippen molar-refractivity contribution in [2.24, 2.45) is 0 Å². The van der Waals surface area contributed by atoms with Gasteiger partial charge >= 0.3 is 0 Å². The van der Waals surface area contributed by atoms with Crippen LogP contribution in [0.25, 0.3) is 0 Å². The molecule has 1 unspecified atom stereocenters. The number of anilines is 2. The molecule has 19 heavy (non-hydrogen) atoms. The zero-order chi connectivity index (χ0) is 13.8. The quantitative estimate of drug-likeness (QED) is 0.670. The molecular weight excluding hydrogens is 304 g/mol. The number of amides is 1. The maximum atomic E-state index is 12.0. The molecule has 8 heteroatoms. The van der Waals surface area contributed by atoms with Gasteiger partial charge in [-0.2, -0.15) is 0 Å². The van der Waals surface area contributed by atoms with E-state index in [1.54, 1.807) is 30.6 Å². The van der Waals surface area contributed by atoms with Crippen molar-refractivity contribution in [2.45, 2.75) is 16.5 Å². The average molecular weight is 315 g/mol. The molecule has 100 valence electrons. The summed E-state index contributed by atoms with van der Waals surface area (Å²) in [6.07, 6.45) is 0. The zero-order valence-corrected chi connectivity index (χ0v) is 12.4. The summed E-state index contributed by atoms with van der Waals surface area (Å²) in [5.74, 6) is -0.144. The number of carbonyl (C=O) groups excluding carboxylic acids is 1. The first-order valence-electron chi connectivity index (χ1n) is 5.35. The number of aromatic nitrogens is 2. The van der Waals surface area contributed by atoms with Gasteiger partial charge in [-0.05, 0) is 25.1 Å². The molecule has 0 bridgehead atoms. The van der Waals surface area contributed by atoms with Crippen LogP contribution in [0.4, 0.5) is 11.4 Å². The molecule has 1 amide bonds. The van der Waals surface area contributed by atoms with E-state index in [1.807, 2.05) is 0 Å². The summed E-state index contributed by atoms with van der Waals surface area (Å²) in [4.78, 5) is 12.0. The summed E-state index contributed by atoms with van der Waals surface area (Å²) in [5.41, 5.74) is 8.40. The van der Waals surface area contributed by atoms with Gasteiger partial charge in [0.2, 0.25) is 5.91 Å². The lowest BCUT2D eigenvalue weighted by Gasteiger charge is -2.12. The standard InChI is InChI=1S/C11H11ClN4OS2/c1-6(19-11-16-14-5-18-11)10(17)15-9-3-2-7(12)4-8(9)13/h2-6H,13H2,1H3,(H,15,17). The van der Waals surface area contributed by atoms with Crippen LogP contribution in [-0.4, -0.2) is 21.4 Å². The molecule has 0 saturated heterocycles. The Hall–Kier alpha value is -1.31. The first-order chi connectivity index (χ1) is 9.06. The number of nitrogens with one attached hydrogen (secondary N) is 1. The number of carbonyl (C=O) groups is 1. The molecule has 1 aromatic carbocycles. The van der Waals surface area contributed by atoms with Crippen molar-refractivity contribution in [1.29, 1.82) is 0 Å². The maximum Gasteiger partial charge on any atom is 0.237 e. The molecule has 1 atom stereocenters. The molecule has 5 nitrogen and oxygen atoms in total. The van der Waals surface area contributed by atoms with E-state index in [-0.39, 0.29) is 11.2 Å². The molecule has 0 radical (unpaired) electrons. The van der Waals surface area contributed by atoms with Crippen LogP contribution in [0, 0.1) is 0 Å². The molecular formula is C11H11ClN4OS2. The molecule has 2 rings (SSSR count). The van der Waals surface area contributed by atoms with Gasteiger partial charge in [0, 0.05) is 5.02 Å².